The predicted octanol–water partition coefficient (Wildman–Crippen LogP) is 3.99. The molecule has 5 nitrogen and oxygen atoms in total. The first-order valence-electron chi connectivity index (χ1n) is 7.72. The van der Waals surface area contributed by atoms with E-state index < -0.39 is 0 Å². The Labute approximate surface area is 148 Å². The summed E-state index contributed by atoms with van der Waals surface area (Å²) in [6, 6.07) is 7.73. The van der Waals surface area contributed by atoms with Crippen LogP contribution in [0.1, 0.15) is 25.7 Å². The maximum atomic E-state index is 12.1. The minimum Gasteiger partial charge on any atom is -0.411 e. The lowest BCUT2D eigenvalue weighted by molar-refractivity contribution is -0.131. The highest BCUT2D eigenvalue weighted by Crippen LogP contribution is 2.25. The second kappa shape index (κ2) is 7.97. The van der Waals surface area contributed by atoms with Crippen molar-refractivity contribution in [3.05, 3.63) is 28.7 Å². The van der Waals surface area contributed by atoms with Crippen molar-refractivity contribution in [2.75, 3.05) is 18.8 Å². The van der Waals surface area contributed by atoms with Crippen molar-refractivity contribution in [1.82, 2.24) is 15.1 Å². The molecule has 0 unspecified atom stereocenters. The van der Waals surface area contributed by atoms with E-state index in [0.29, 0.717) is 23.3 Å². The standard InChI is InChI=1S/C16H18BrN3O2S/c17-13-6-4-5-12(11-13)15-18-19-16(22-15)23-10-7-14(21)20-8-2-1-3-9-20/h4-6,11H,1-3,7-10H2. The molecular weight excluding hydrogens is 378 g/mol. The number of halogens is 1. The van der Waals surface area contributed by atoms with E-state index in [-0.39, 0.29) is 5.91 Å². The van der Waals surface area contributed by atoms with Gasteiger partial charge in [0, 0.05) is 35.3 Å². The summed E-state index contributed by atoms with van der Waals surface area (Å²) in [7, 11) is 0. The van der Waals surface area contributed by atoms with Crippen LogP contribution in [-0.2, 0) is 4.79 Å². The number of nitrogens with zero attached hydrogens (tertiary/aromatic N) is 3. The summed E-state index contributed by atoms with van der Waals surface area (Å²) in [6.07, 6.45) is 4.00. The Morgan fingerprint density at radius 1 is 1.26 bits per heavy atom. The lowest BCUT2D eigenvalue weighted by Gasteiger charge is -2.26. The van der Waals surface area contributed by atoms with Crippen molar-refractivity contribution < 1.29 is 9.21 Å². The van der Waals surface area contributed by atoms with Crippen molar-refractivity contribution in [3.8, 4) is 11.5 Å². The fourth-order valence-corrected chi connectivity index (χ4v) is 3.62. The Balaban J connectivity index is 1.50. The maximum absolute atomic E-state index is 12.1. The molecule has 1 fully saturated rings. The SMILES string of the molecule is O=C(CCSc1nnc(-c2cccc(Br)c2)o1)N1CCCCC1. The number of amides is 1. The zero-order valence-corrected chi connectivity index (χ0v) is 15.1. The summed E-state index contributed by atoms with van der Waals surface area (Å²) in [5, 5.41) is 8.61. The van der Waals surface area contributed by atoms with Crippen LogP contribution in [-0.4, -0.2) is 39.8 Å². The molecule has 0 atom stereocenters. The van der Waals surface area contributed by atoms with Gasteiger partial charge in [0.25, 0.3) is 5.22 Å². The number of piperidine rings is 1. The molecule has 7 heteroatoms. The van der Waals surface area contributed by atoms with Gasteiger partial charge in [-0.25, -0.2) is 0 Å². The summed E-state index contributed by atoms with van der Waals surface area (Å²) < 4.78 is 6.61. The monoisotopic (exact) mass is 395 g/mol. The lowest BCUT2D eigenvalue weighted by atomic mass is 10.1. The summed E-state index contributed by atoms with van der Waals surface area (Å²) >= 11 is 4.86. The topological polar surface area (TPSA) is 59.2 Å². The van der Waals surface area contributed by atoms with Crippen molar-refractivity contribution >= 4 is 33.6 Å². The van der Waals surface area contributed by atoms with Gasteiger partial charge in [-0.1, -0.05) is 33.8 Å². The number of aromatic nitrogens is 2. The first-order chi connectivity index (χ1) is 11.2. The molecule has 0 N–H and O–H groups in total. The molecule has 122 valence electrons. The molecule has 1 amide bonds. The third-order valence-corrected chi connectivity index (χ3v) is 5.04. The quantitative estimate of drug-likeness (QED) is 0.716. The molecule has 1 aliphatic heterocycles. The summed E-state index contributed by atoms with van der Waals surface area (Å²) in [5.74, 6) is 1.38. The van der Waals surface area contributed by atoms with E-state index in [1.165, 1.54) is 18.2 Å². The minimum atomic E-state index is 0.226. The largest absolute Gasteiger partial charge is 0.411 e. The van der Waals surface area contributed by atoms with Gasteiger partial charge in [0.1, 0.15) is 0 Å². The van der Waals surface area contributed by atoms with Gasteiger partial charge in [-0.05, 0) is 37.5 Å². The number of benzene rings is 1. The number of hydrogen-bond acceptors (Lipinski definition) is 5. The fourth-order valence-electron chi connectivity index (χ4n) is 2.53. The highest BCUT2D eigenvalue weighted by atomic mass is 79.9. The third-order valence-electron chi connectivity index (χ3n) is 3.73. The molecule has 1 aromatic heterocycles. The summed E-state index contributed by atoms with van der Waals surface area (Å²) in [5.41, 5.74) is 0.878. The minimum absolute atomic E-state index is 0.226. The van der Waals surface area contributed by atoms with Gasteiger partial charge in [-0.2, -0.15) is 0 Å². The Kier molecular flexibility index (Phi) is 5.72. The molecule has 2 heterocycles. The molecule has 0 spiro atoms. The Morgan fingerprint density at radius 2 is 2.09 bits per heavy atom. The van der Waals surface area contributed by atoms with Gasteiger partial charge in [0.2, 0.25) is 11.8 Å². The third kappa shape index (κ3) is 4.57. The molecule has 1 saturated heterocycles. The number of likely N-dealkylation sites (tertiary alicyclic amines) is 1. The fraction of sp³-hybridized carbons (Fsp3) is 0.438. The number of hydrogen-bond donors (Lipinski definition) is 0. The highest BCUT2D eigenvalue weighted by Gasteiger charge is 2.16. The molecular formula is C16H18BrN3O2S. The van der Waals surface area contributed by atoms with Gasteiger partial charge in [0.15, 0.2) is 0 Å². The molecule has 0 bridgehead atoms. The zero-order chi connectivity index (χ0) is 16.1. The molecule has 0 aliphatic carbocycles. The Morgan fingerprint density at radius 3 is 2.87 bits per heavy atom. The number of carbonyl (C=O) groups excluding carboxylic acids is 1. The van der Waals surface area contributed by atoms with Crippen LogP contribution in [0.25, 0.3) is 11.5 Å². The predicted molar refractivity (Wildman–Crippen MR) is 93.2 cm³/mol. The summed E-state index contributed by atoms with van der Waals surface area (Å²) in [4.78, 5) is 14.1. The van der Waals surface area contributed by atoms with E-state index in [4.69, 9.17) is 4.42 Å². The first kappa shape index (κ1) is 16.5. The van der Waals surface area contributed by atoms with Crippen molar-refractivity contribution in [3.63, 3.8) is 0 Å². The molecule has 0 saturated carbocycles. The van der Waals surface area contributed by atoms with E-state index in [9.17, 15) is 4.79 Å². The number of thioether (sulfide) groups is 1. The van der Waals surface area contributed by atoms with Crippen LogP contribution in [0.5, 0.6) is 0 Å². The van der Waals surface area contributed by atoms with Gasteiger partial charge < -0.3 is 9.32 Å². The van der Waals surface area contributed by atoms with Crippen LogP contribution in [0.15, 0.2) is 38.4 Å². The molecule has 1 aromatic carbocycles. The van der Waals surface area contributed by atoms with Crippen molar-refractivity contribution in [2.45, 2.75) is 30.9 Å². The van der Waals surface area contributed by atoms with E-state index >= 15 is 0 Å². The van der Waals surface area contributed by atoms with Crippen molar-refractivity contribution in [1.29, 1.82) is 0 Å². The van der Waals surface area contributed by atoms with E-state index in [1.807, 2.05) is 29.2 Å². The van der Waals surface area contributed by atoms with E-state index in [1.54, 1.807) is 0 Å². The first-order valence-corrected chi connectivity index (χ1v) is 9.50. The lowest BCUT2D eigenvalue weighted by Crippen LogP contribution is -2.35. The molecule has 0 radical (unpaired) electrons. The van der Waals surface area contributed by atoms with Gasteiger partial charge in [0.05, 0.1) is 0 Å². The maximum Gasteiger partial charge on any atom is 0.276 e. The average Bonchev–Trinajstić information content (AvgIpc) is 3.04. The molecule has 3 rings (SSSR count). The van der Waals surface area contributed by atoms with E-state index in [2.05, 4.69) is 26.1 Å². The van der Waals surface area contributed by atoms with Gasteiger partial charge >= 0.3 is 0 Å². The van der Waals surface area contributed by atoms with E-state index in [0.717, 1.165) is 36.0 Å². The molecule has 1 aliphatic rings. The van der Waals surface area contributed by atoms with Gasteiger partial charge in [-0.3, -0.25) is 4.79 Å². The average molecular weight is 396 g/mol. The van der Waals surface area contributed by atoms with Crippen LogP contribution in [0, 0.1) is 0 Å². The van der Waals surface area contributed by atoms with Gasteiger partial charge in [-0.15, -0.1) is 10.2 Å². The molecule has 2 aromatic rings. The number of carbonyl (C=O) groups is 1. The Bertz CT molecular complexity index is 671. The van der Waals surface area contributed by atoms with Crippen LogP contribution < -0.4 is 0 Å². The molecule has 23 heavy (non-hydrogen) atoms. The second-order valence-corrected chi connectivity index (χ2v) is 7.39. The van der Waals surface area contributed by atoms with Crippen molar-refractivity contribution in [2.24, 2.45) is 0 Å². The van der Waals surface area contributed by atoms with Crippen LogP contribution in [0.3, 0.4) is 0 Å². The normalized spacial score (nSPS) is 14.9. The van der Waals surface area contributed by atoms with Crippen LogP contribution in [0.2, 0.25) is 0 Å². The second-order valence-electron chi connectivity index (χ2n) is 5.42. The summed E-state index contributed by atoms with van der Waals surface area (Å²) in [6.45, 7) is 1.80. The smallest absolute Gasteiger partial charge is 0.276 e. The Hall–Kier alpha value is -1.34. The van der Waals surface area contributed by atoms with Crippen LogP contribution in [0.4, 0.5) is 0 Å². The number of rotatable bonds is 5. The zero-order valence-electron chi connectivity index (χ0n) is 12.7. The van der Waals surface area contributed by atoms with Crippen LogP contribution >= 0.6 is 27.7 Å². The highest BCUT2D eigenvalue weighted by molar-refractivity contribution is 9.10.